The predicted molar refractivity (Wildman–Crippen MR) is 138 cm³/mol. The van der Waals surface area contributed by atoms with Gasteiger partial charge in [-0.3, -0.25) is 9.13 Å². The third-order valence-electron chi connectivity index (χ3n) is 6.47. The normalized spacial score (nSPS) is 22.2. The Labute approximate surface area is 217 Å². The van der Waals surface area contributed by atoms with Crippen LogP contribution in [0, 0.1) is 0 Å². The van der Waals surface area contributed by atoms with Gasteiger partial charge in [-0.25, -0.2) is 4.98 Å². The highest BCUT2D eigenvalue weighted by atomic mass is 35.5. The SMILES string of the molecule is O=P(O)(O)CCCC[C@H]1O[C@@H](n2cnc3c(NCc4ccc5ccccc5c4)nc(Cl)nc32)C(O)C1O. The molecule has 1 aliphatic heterocycles. The number of aliphatic hydroxyl groups is 2. The topological polar surface area (TPSA) is 163 Å². The maximum atomic E-state index is 11.0. The molecule has 0 radical (unpaired) electrons. The molecule has 2 unspecified atom stereocenters. The van der Waals surface area contributed by atoms with Crippen molar-refractivity contribution in [2.75, 3.05) is 11.5 Å². The number of imidazole rings is 1. The minimum absolute atomic E-state index is 0.0164. The van der Waals surface area contributed by atoms with Crippen LogP contribution < -0.4 is 5.32 Å². The minimum Gasteiger partial charge on any atom is -0.388 e. The van der Waals surface area contributed by atoms with Crippen LogP contribution in [0.5, 0.6) is 0 Å². The lowest BCUT2D eigenvalue weighted by Gasteiger charge is -2.17. The van der Waals surface area contributed by atoms with Gasteiger partial charge in [-0.15, -0.1) is 0 Å². The first kappa shape index (κ1) is 26.0. The highest BCUT2D eigenvalue weighted by Crippen LogP contribution is 2.37. The van der Waals surface area contributed by atoms with E-state index >= 15 is 0 Å². The van der Waals surface area contributed by atoms with Crippen LogP contribution in [0.2, 0.25) is 5.28 Å². The van der Waals surface area contributed by atoms with Gasteiger partial charge in [0.15, 0.2) is 23.2 Å². The van der Waals surface area contributed by atoms with E-state index in [1.54, 1.807) is 0 Å². The number of anilines is 1. The molecule has 1 aliphatic rings. The summed E-state index contributed by atoms with van der Waals surface area (Å²) in [4.78, 5) is 31.0. The van der Waals surface area contributed by atoms with Gasteiger partial charge in [-0.1, -0.05) is 42.8 Å². The molecule has 37 heavy (non-hydrogen) atoms. The van der Waals surface area contributed by atoms with E-state index in [9.17, 15) is 14.8 Å². The van der Waals surface area contributed by atoms with Crippen molar-refractivity contribution in [2.45, 2.75) is 50.3 Å². The Hall–Kier alpha value is -2.63. The van der Waals surface area contributed by atoms with E-state index in [1.165, 1.54) is 10.9 Å². The average Bonchev–Trinajstić information content (AvgIpc) is 3.40. The fourth-order valence-electron chi connectivity index (χ4n) is 4.59. The van der Waals surface area contributed by atoms with Crippen LogP contribution in [-0.4, -0.2) is 64.0 Å². The quantitative estimate of drug-likeness (QED) is 0.119. The minimum atomic E-state index is -4.08. The van der Waals surface area contributed by atoms with E-state index in [0.717, 1.165) is 16.3 Å². The smallest absolute Gasteiger partial charge is 0.325 e. The largest absolute Gasteiger partial charge is 0.388 e. The number of hydrogen-bond donors (Lipinski definition) is 5. The van der Waals surface area contributed by atoms with E-state index in [2.05, 4.69) is 38.5 Å². The van der Waals surface area contributed by atoms with Crippen LogP contribution in [0.15, 0.2) is 48.8 Å². The Kier molecular flexibility index (Phi) is 7.46. The summed E-state index contributed by atoms with van der Waals surface area (Å²) in [5, 5.41) is 26.7. The first-order valence-electron chi connectivity index (χ1n) is 11.9. The number of fused-ring (bicyclic) bond motifs is 2. The third-order valence-corrected chi connectivity index (χ3v) is 7.54. The van der Waals surface area contributed by atoms with Crippen LogP contribution in [0.25, 0.3) is 21.9 Å². The molecule has 0 spiro atoms. The predicted octanol–water partition coefficient (Wildman–Crippen LogP) is 3.21. The zero-order chi connectivity index (χ0) is 26.2. The fourth-order valence-corrected chi connectivity index (χ4v) is 5.39. The summed E-state index contributed by atoms with van der Waals surface area (Å²) in [5.74, 6) is 0.420. The van der Waals surface area contributed by atoms with Crippen molar-refractivity contribution in [3.05, 3.63) is 59.6 Å². The molecular formula is C24H27ClN5O6P. The summed E-state index contributed by atoms with van der Waals surface area (Å²) in [7, 11) is -4.08. The second-order valence-electron chi connectivity index (χ2n) is 9.13. The van der Waals surface area contributed by atoms with E-state index in [1.807, 2.05) is 24.3 Å². The molecule has 4 aromatic rings. The summed E-state index contributed by atoms with van der Waals surface area (Å²) in [6, 6.07) is 14.3. The van der Waals surface area contributed by atoms with Crippen molar-refractivity contribution in [2.24, 2.45) is 0 Å². The second kappa shape index (κ2) is 10.6. The summed E-state index contributed by atoms with van der Waals surface area (Å²) < 4.78 is 18.5. The van der Waals surface area contributed by atoms with Gasteiger partial charge in [0.2, 0.25) is 5.28 Å². The Balaban J connectivity index is 1.32. The van der Waals surface area contributed by atoms with Gasteiger partial charge >= 0.3 is 7.60 Å². The Bertz CT molecular complexity index is 1460. The number of halogens is 1. The number of rotatable bonds is 9. The molecule has 3 heterocycles. The molecule has 4 atom stereocenters. The number of nitrogens with zero attached hydrogens (tertiary/aromatic N) is 4. The molecule has 1 fully saturated rings. The van der Waals surface area contributed by atoms with Crippen molar-refractivity contribution in [3.8, 4) is 0 Å². The van der Waals surface area contributed by atoms with Crippen molar-refractivity contribution in [1.29, 1.82) is 0 Å². The molecular weight excluding hydrogens is 521 g/mol. The molecule has 0 amide bonds. The first-order chi connectivity index (χ1) is 17.7. The number of hydrogen-bond acceptors (Lipinski definition) is 8. The summed E-state index contributed by atoms with van der Waals surface area (Å²) in [6.07, 6.45) is -1.87. The number of benzene rings is 2. The van der Waals surface area contributed by atoms with E-state index in [4.69, 9.17) is 26.1 Å². The zero-order valence-electron chi connectivity index (χ0n) is 19.7. The Morgan fingerprint density at radius 3 is 2.62 bits per heavy atom. The van der Waals surface area contributed by atoms with Crippen LogP contribution in [0.1, 0.15) is 31.1 Å². The highest BCUT2D eigenvalue weighted by Gasteiger charge is 2.44. The van der Waals surface area contributed by atoms with Crippen LogP contribution in [0.3, 0.4) is 0 Å². The van der Waals surface area contributed by atoms with Crippen molar-refractivity contribution in [3.63, 3.8) is 0 Å². The highest BCUT2D eigenvalue weighted by molar-refractivity contribution is 7.51. The van der Waals surface area contributed by atoms with Crippen LogP contribution in [-0.2, 0) is 15.8 Å². The molecule has 2 aromatic heterocycles. The number of aromatic nitrogens is 4. The molecule has 2 aromatic carbocycles. The molecule has 13 heteroatoms. The first-order valence-corrected chi connectivity index (χ1v) is 14.0. The van der Waals surface area contributed by atoms with Crippen molar-refractivity contribution < 1.29 is 29.3 Å². The molecule has 1 saturated heterocycles. The molecule has 0 aliphatic carbocycles. The van der Waals surface area contributed by atoms with Gasteiger partial charge in [0, 0.05) is 12.7 Å². The molecule has 11 nitrogen and oxygen atoms in total. The molecule has 0 saturated carbocycles. The van der Waals surface area contributed by atoms with Gasteiger partial charge in [0.1, 0.15) is 12.2 Å². The molecule has 5 rings (SSSR count). The average molecular weight is 548 g/mol. The van der Waals surface area contributed by atoms with Crippen molar-refractivity contribution in [1.82, 2.24) is 19.5 Å². The fraction of sp³-hybridized carbons (Fsp3) is 0.375. The van der Waals surface area contributed by atoms with Gasteiger partial charge in [0.25, 0.3) is 0 Å². The standard InChI is InChI=1S/C24H27ClN5O6P/c25-24-28-21(26-12-14-8-9-15-5-1-2-6-16(15)11-14)18-22(29-24)30(13-27-18)23-20(32)19(31)17(36-23)7-3-4-10-37(33,34)35/h1-2,5-6,8-9,11,13,17,19-20,23,31-32H,3-4,7,10,12H2,(H,26,28,29)(H2,33,34,35)/t17-,19?,20?,23-/m1/s1. The number of nitrogens with one attached hydrogen (secondary N) is 1. The second-order valence-corrected chi connectivity index (χ2v) is 11.2. The Morgan fingerprint density at radius 2 is 1.84 bits per heavy atom. The lowest BCUT2D eigenvalue weighted by Crippen LogP contribution is -2.31. The van der Waals surface area contributed by atoms with Crippen molar-refractivity contribution >= 4 is 47.0 Å². The van der Waals surface area contributed by atoms with Gasteiger partial charge in [-0.05, 0) is 46.8 Å². The molecule has 196 valence electrons. The van der Waals surface area contributed by atoms with E-state index in [0.29, 0.717) is 36.4 Å². The number of unbranched alkanes of at least 4 members (excludes halogenated alkanes) is 1. The van der Waals surface area contributed by atoms with Gasteiger partial charge < -0.3 is 30.1 Å². The lowest BCUT2D eigenvalue weighted by atomic mass is 10.1. The zero-order valence-corrected chi connectivity index (χ0v) is 21.3. The molecule has 0 bridgehead atoms. The van der Waals surface area contributed by atoms with Gasteiger partial charge in [0.05, 0.1) is 12.4 Å². The maximum Gasteiger partial charge on any atom is 0.325 e. The molecule has 5 N–H and O–H groups in total. The van der Waals surface area contributed by atoms with Gasteiger partial charge in [-0.2, -0.15) is 9.97 Å². The Morgan fingerprint density at radius 1 is 1.05 bits per heavy atom. The number of ether oxygens (including phenoxy) is 1. The number of aliphatic hydroxyl groups excluding tert-OH is 2. The summed E-state index contributed by atoms with van der Waals surface area (Å²) in [5.41, 5.74) is 1.81. The summed E-state index contributed by atoms with van der Waals surface area (Å²) >= 11 is 6.21. The van der Waals surface area contributed by atoms with Crippen LogP contribution in [0.4, 0.5) is 5.82 Å². The monoisotopic (exact) mass is 547 g/mol. The van der Waals surface area contributed by atoms with Crippen LogP contribution >= 0.6 is 19.2 Å². The third kappa shape index (κ3) is 5.78. The van der Waals surface area contributed by atoms with E-state index in [-0.39, 0.29) is 17.9 Å². The lowest BCUT2D eigenvalue weighted by molar-refractivity contribution is -0.0373. The summed E-state index contributed by atoms with van der Waals surface area (Å²) in [6.45, 7) is 0.470. The van der Waals surface area contributed by atoms with E-state index < -0.39 is 32.1 Å². The maximum absolute atomic E-state index is 11.0.